The highest BCUT2D eigenvalue weighted by Gasteiger charge is 1.97. The van der Waals surface area contributed by atoms with Crippen LogP contribution in [0.25, 0.3) is 0 Å². The molecule has 0 bridgehead atoms. The van der Waals surface area contributed by atoms with Crippen molar-refractivity contribution in [1.82, 2.24) is 0 Å². The first-order valence-corrected chi connectivity index (χ1v) is 6.62. The normalized spacial score (nSPS) is 13.1. The van der Waals surface area contributed by atoms with Crippen LogP contribution < -0.4 is 0 Å². The van der Waals surface area contributed by atoms with Crippen LogP contribution in [0.1, 0.15) is 78.6 Å². The second-order valence-corrected chi connectivity index (χ2v) is 4.58. The first-order valence-electron chi connectivity index (χ1n) is 6.62. The highest BCUT2D eigenvalue weighted by molar-refractivity contribution is 4.66. The van der Waals surface area contributed by atoms with Crippen LogP contribution in [0.4, 0.5) is 0 Å². The van der Waals surface area contributed by atoms with Gasteiger partial charge in [0, 0.05) is 0 Å². The molecule has 85 valence electrons. The Morgan fingerprint density at radius 1 is 0.929 bits per heavy atom. The van der Waals surface area contributed by atoms with Gasteiger partial charge in [-0.3, -0.25) is 0 Å². The van der Waals surface area contributed by atoms with Crippen molar-refractivity contribution in [1.29, 1.82) is 0 Å². The average molecular weight is 197 g/mol. The molecule has 0 aromatic carbocycles. The van der Waals surface area contributed by atoms with Gasteiger partial charge in [0.05, 0.1) is 0 Å². The minimum Gasteiger partial charge on any atom is -0.0654 e. The highest BCUT2D eigenvalue weighted by atomic mass is 14.0. The van der Waals surface area contributed by atoms with Gasteiger partial charge in [0.1, 0.15) is 0 Å². The Bertz CT molecular complexity index is 96.2. The van der Waals surface area contributed by atoms with Gasteiger partial charge in [-0.15, -0.1) is 0 Å². The molecule has 14 heavy (non-hydrogen) atoms. The molecule has 0 aliphatic rings. The van der Waals surface area contributed by atoms with E-state index in [1.54, 1.807) is 0 Å². The van der Waals surface area contributed by atoms with Gasteiger partial charge < -0.3 is 0 Å². The van der Waals surface area contributed by atoms with Gasteiger partial charge in [-0.25, -0.2) is 0 Å². The van der Waals surface area contributed by atoms with Gasteiger partial charge in [0.2, 0.25) is 0 Å². The fourth-order valence-corrected chi connectivity index (χ4v) is 1.64. The predicted octanol–water partition coefficient (Wildman–Crippen LogP) is 5.38. The van der Waals surface area contributed by atoms with Crippen molar-refractivity contribution < 1.29 is 0 Å². The summed E-state index contributed by atoms with van der Waals surface area (Å²) in [5.41, 5.74) is 0. The summed E-state index contributed by atoms with van der Waals surface area (Å²) in [6.07, 6.45) is 15.0. The zero-order chi connectivity index (χ0) is 10.6. The maximum Gasteiger partial charge on any atom is -0.0386 e. The molecule has 0 spiro atoms. The summed E-state index contributed by atoms with van der Waals surface area (Å²) in [5, 5.41) is 0. The zero-order valence-electron chi connectivity index (χ0n) is 10.5. The lowest BCUT2D eigenvalue weighted by Gasteiger charge is -2.07. The van der Waals surface area contributed by atoms with E-state index in [2.05, 4.69) is 27.2 Å². The molecule has 0 heteroatoms. The Morgan fingerprint density at radius 2 is 1.64 bits per heavy atom. The molecule has 0 aromatic rings. The van der Waals surface area contributed by atoms with E-state index in [4.69, 9.17) is 0 Å². The quantitative estimate of drug-likeness (QED) is 0.413. The van der Waals surface area contributed by atoms with Crippen molar-refractivity contribution in [3.05, 3.63) is 6.42 Å². The third-order valence-corrected chi connectivity index (χ3v) is 3.07. The number of unbranched alkanes of at least 4 members (excludes halogenated alkanes) is 7. The topological polar surface area (TPSA) is 0 Å². The Kier molecular flexibility index (Phi) is 11.1. The van der Waals surface area contributed by atoms with Crippen LogP contribution >= 0.6 is 0 Å². The van der Waals surface area contributed by atoms with Crippen LogP contribution in [-0.4, -0.2) is 0 Å². The molecule has 1 atom stereocenters. The van der Waals surface area contributed by atoms with Crippen LogP contribution in [0.2, 0.25) is 0 Å². The smallest absolute Gasteiger partial charge is 0.0386 e. The van der Waals surface area contributed by atoms with Crippen molar-refractivity contribution in [3.8, 4) is 0 Å². The van der Waals surface area contributed by atoms with Crippen LogP contribution in [0.3, 0.4) is 0 Å². The van der Waals surface area contributed by atoms with E-state index in [1.165, 1.54) is 57.8 Å². The molecule has 0 saturated heterocycles. The molecule has 1 radical (unpaired) electrons. The Morgan fingerprint density at radius 3 is 2.29 bits per heavy atom. The lowest BCUT2D eigenvalue weighted by atomic mass is 10.00. The molecular formula is C14H29. The Balaban J connectivity index is 2.92. The summed E-state index contributed by atoms with van der Waals surface area (Å²) in [5.74, 6) is 0.923. The molecule has 0 heterocycles. The molecule has 1 unspecified atom stereocenters. The number of rotatable bonds is 10. The van der Waals surface area contributed by atoms with Gasteiger partial charge in [0.25, 0.3) is 0 Å². The lowest BCUT2D eigenvalue weighted by molar-refractivity contribution is 0.505. The van der Waals surface area contributed by atoms with Crippen LogP contribution in [0, 0.1) is 12.3 Å². The summed E-state index contributed by atoms with van der Waals surface area (Å²) < 4.78 is 0. The van der Waals surface area contributed by atoms with Gasteiger partial charge in [-0.05, 0) is 18.8 Å². The van der Waals surface area contributed by atoms with E-state index in [9.17, 15) is 0 Å². The van der Waals surface area contributed by atoms with E-state index in [0.29, 0.717) is 0 Å². The van der Waals surface area contributed by atoms with Crippen LogP contribution in [0.5, 0.6) is 0 Å². The third-order valence-electron chi connectivity index (χ3n) is 3.07. The SMILES string of the molecule is CCCCCCC[CH]CCC(C)CC. The van der Waals surface area contributed by atoms with Crippen LogP contribution in [-0.2, 0) is 0 Å². The van der Waals surface area contributed by atoms with E-state index < -0.39 is 0 Å². The summed E-state index contributed by atoms with van der Waals surface area (Å²) >= 11 is 0. The monoisotopic (exact) mass is 197 g/mol. The Hall–Kier alpha value is 0. The zero-order valence-corrected chi connectivity index (χ0v) is 10.5. The van der Waals surface area contributed by atoms with Gasteiger partial charge in [-0.2, -0.15) is 0 Å². The van der Waals surface area contributed by atoms with E-state index in [-0.39, 0.29) is 0 Å². The molecule has 0 aliphatic carbocycles. The van der Waals surface area contributed by atoms with Crippen molar-refractivity contribution in [3.63, 3.8) is 0 Å². The fourth-order valence-electron chi connectivity index (χ4n) is 1.64. The molecule has 0 saturated carbocycles. The number of hydrogen-bond acceptors (Lipinski definition) is 0. The minimum absolute atomic E-state index is 0.923. The second-order valence-electron chi connectivity index (χ2n) is 4.58. The van der Waals surface area contributed by atoms with Gasteiger partial charge in [0.15, 0.2) is 0 Å². The molecule has 0 amide bonds. The van der Waals surface area contributed by atoms with Crippen molar-refractivity contribution >= 4 is 0 Å². The largest absolute Gasteiger partial charge is 0.0654 e. The average Bonchev–Trinajstić information content (AvgIpc) is 2.21. The molecule has 0 N–H and O–H groups in total. The predicted molar refractivity (Wildman–Crippen MR) is 66.4 cm³/mol. The van der Waals surface area contributed by atoms with E-state index in [0.717, 1.165) is 5.92 Å². The second kappa shape index (κ2) is 11.1. The molecule has 0 fully saturated rings. The van der Waals surface area contributed by atoms with Gasteiger partial charge >= 0.3 is 0 Å². The standard InChI is InChI=1S/C14H29/c1-4-6-7-8-9-10-11-12-13-14(3)5-2/h11,14H,4-10,12-13H2,1-3H3. The van der Waals surface area contributed by atoms with E-state index in [1.807, 2.05) is 0 Å². The first kappa shape index (κ1) is 14.0. The Labute approximate surface area is 91.5 Å². The maximum atomic E-state index is 2.50. The van der Waals surface area contributed by atoms with Gasteiger partial charge in [-0.1, -0.05) is 72.1 Å². The van der Waals surface area contributed by atoms with Crippen LogP contribution in [0.15, 0.2) is 0 Å². The highest BCUT2D eigenvalue weighted by Crippen LogP contribution is 2.13. The summed E-state index contributed by atoms with van der Waals surface area (Å²) in [4.78, 5) is 0. The number of hydrogen-bond donors (Lipinski definition) is 0. The summed E-state index contributed by atoms with van der Waals surface area (Å²) in [6.45, 7) is 6.92. The van der Waals surface area contributed by atoms with Crippen molar-refractivity contribution in [2.75, 3.05) is 0 Å². The molecule has 0 nitrogen and oxygen atoms in total. The lowest BCUT2D eigenvalue weighted by Crippen LogP contribution is -1.92. The first-order chi connectivity index (χ1) is 6.81. The maximum absolute atomic E-state index is 2.50. The molecule has 0 aliphatic heterocycles. The van der Waals surface area contributed by atoms with Crippen molar-refractivity contribution in [2.45, 2.75) is 78.6 Å². The van der Waals surface area contributed by atoms with E-state index >= 15 is 0 Å². The van der Waals surface area contributed by atoms with Crippen molar-refractivity contribution in [2.24, 2.45) is 5.92 Å². The third kappa shape index (κ3) is 10.1. The molecule has 0 rings (SSSR count). The summed E-state index contributed by atoms with van der Waals surface area (Å²) in [7, 11) is 0. The molecule has 0 aromatic heterocycles. The molecular weight excluding hydrogens is 168 g/mol. The fraction of sp³-hybridized carbons (Fsp3) is 0.929. The minimum atomic E-state index is 0.923. The summed E-state index contributed by atoms with van der Waals surface area (Å²) in [6, 6.07) is 0.